The van der Waals surface area contributed by atoms with E-state index in [9.17, 15) is 9.59 Å². The Bertz CT molecular complexity index is 280. The fraction of sp³-hybridized carbons (Fsp3) is 0.667. The minimum Gasteiger partial charge on any atom is -0.309 e. The largest absolute Gasteiger partial charge is 0.316 e. The van der Waals surface area contributed by atoms with Crippen molar-refractivity contribution >= 4 is 17.8 Å². The zero-order chi connectivity index (χ0) is 11.4. The molecule has 6 heteroatoms. The highest BCUT2D eigenvalue weighted by Crippen LogP contribution is 1.98. The molecule has 0 aromatic carbocycles. The minimum absolute atomic E-state index is 0.0705. The van der Waals surface area contributed by atoms with Crippen LogP contribution in [0, 0.1) is 0 Å². The number of rotatable bonds is 4. The van der Waals surface area contributed by atoms with Gasteiger partial charge in [0.1, 0.15) is 0 Å². The molecule has 0 bridgehead atoms. The monoisotopic (exact) mass is 212 g/mol. The number of hydrogen-bond donors (Lipinski definition) is 2. The van der Waals surface area contributed by atoms with E-state index in [1.165, 1.54) is 0 Å². The van der Waals surface area contributed by atoms with Gasteiger partial charge in [-0.1, -0.05) is 0 Å². The van der Waals surface area contributed by atoms with Gasteiger partial charge >= 0.3 is 11.8 Å². The molecule has 84 valence electrons. The third-order valence-corrected chi connectivity index (χ3v) is 2.01. The summed E-state index contributed by atoms with van der Waals surface area (Å²) in [5.74, 6) is -1.03. The summed E-state index contributed by atoms with van der Waals surface area (Å²) in [7, 11) is 3.97. The van der Waals surface area contributed by atoms with Crippen LogP contribution in [0.3, 0.4) is 0 Å². The number of amides is 2. The van der Waals surface area contributed by atoms with Gasteiger partial charge in [-0.25, -0.2) is 4.99 Å². The van der Waals surface area contributed by atoms with E-state index in [-0.39, 0.29) is 12.0 Å². The Morgan fingerprint density at radius 3 is 2.27 bits per heavy atom. The lowest BCUT2D eigenvalue weighted by atomic mass is 10.2. The predicted molar refractivity (Wildman–Crippen MR) is 56.4 cm³/mol. The third-order valence-electron chi connectivity index (χ3n) is 2.01. The number of hydrogen-bond acceptors (Lipinski definition) is 4. The SMILES string of the molecule is CC(CCN(C)C)N=C1NC(=O)C(=O)N1. The van der Waals surface area contributed by atoms with Crippen molar-refractivity contribution in [2.24, 2.45) is 4.99 Å². The van der Waals surface area contributed by atoms with Crippen LogP contribution in [0.25, 0.3) is 0 Å². The molecule has 2 N–H and O–H groups in total. The number of nitrogens with one attached hydrogen (secondary N) is 2. The number of guanidine groups is 1. The quantitative estimate of drug-likeness (QED) is 0.583. The fourth-order valence-corrected chi connectivity index (χ4v) is 1.15. The van der Waals surface area contributed by atoms with E-state index in [0.29, 0.717) is 0 Å². The maximum absolute atomic E-state index is 10.8. The summed E-state index contributed by atoms with van der Waals surface area (Å²) >= 11 is 0. The minimum atomic E-state index is -0.645. The lowest BCUT2D eigenvalue weighted by Crippen LogP contribution is -2.28. The first-order chi connectivity index (χ1) is 6.99. The van der Waals surface area contributed by atoms with Crippen molar-refractivity contribution in [2.45, 2.75) is 19.4 Å². The molecule has 0 spiro atoms. The van der Waals surface area contributed by atoms with E-state index in [4.69, 9.17) is 0 Å². The summed E-state index contributed by atoms with van der Waals surface area (Å²) < 4.78 is 0. The highest BCUT2D eigenvalue weighted by Gasteiger charge is 2.25. The van der Waals surface area contributed by atoms with Crippen molar-refractivity contribution in [1.82, 2.24) is 15.5 Å². The normalized spacial score (nSPS) is 17.7. The Hall–Kier alpha value is -1.43. The average Bonchev–Trinajstić information content (AvgIpc) is 2.42. The van der Waals surface area contributed by atoms with E-state index < -0.39 is 11.8 Å². The first-order valence-electron chi connectivity index (χ1n) is 4.84. The van der Waals surface area contributed by atoms with Crippen molar-refractivity contribution in [1.29, 1.82) is 0 Å². The van der Waals surface area contributed by atoms with Gasteiger partial charge in [0.05, 0.1) is 6.04 Å². The molecule has 1 saturated heterocycles. The molecular formula is C9H16N4O2. The third kappa shape index (κ3) is 3.67. The molecule has 15 heavy (non-hydrogen) atoms. The molecule has 1 unspecified atom stereocenters. The molecule has 1 fully saturated rings. The zero-order valence-corrected chi connectivity index (χ0v) is 9.20. The number of carbonyl (C=O) groups excluding carboxylic acids is 2. The Morgan fingerprint density at radius 1 is 1.27 bits per heavy atom. The van der Waals surface area contributed by atoms with Gasteiger partial charge in [0.15, 0.2) is 0 Å². The van der Waals surface area contributed by atoms with Crippen LogP contribution >= 0.6 is 0 Å². The van der Waals surface area contributed by atoms with Crippen LogP contribution in [-0.2, 0) is 9.59 Å². The second-order valence-corrected chi connectivity index (χ2v) is 3.83. The molecule has 0 radical (unpaired) electrons. The Labute approximate surface area is 88.7 Å². The number of carbonyl (C=O) groups is 2. The van der Waals surface area contributed by atoms with Crippen LogP contribution in [0.2, 0.25) is 0 Å². The van der Waals surface area contributed by atoms with Crippen molar-refractivity contribution in [2.75, 3.05) is 20.6 Å². The lowest BCUT2D eigenvalue weighted by Gasteiger charge is -2.12. The van der Waals surface area contributed by atoms with Gasteiger partial charge in [-0.05, 0) is 34.0 Å². The Kier molecular flexibility index (Phi) is 3.79. The summed E-state index contributed by atoms with van der Waals surface area (Å²) in [6.07, 6.45) is 0.877. The van der Waals surface area contributed by atoms with Crippen LogP contribution in [0.5, 0.6) is 0 Å². The lowest BCUT2D eigenvalue weighted by molar-refractivity contribution is -0.135. The first-order valence-corrected chi connectivity index (χ1v) is 4.84. The van der Waals surface area contributed by atoms with Crippen molar-refractivity contribution in [3.05, 3.63) is 0 Å². The maximum atomic E-state index is 10.8. The van der Waals surface area contributed by atoms with Gasteiger partial charge in [0.2, 0.25) is 5.96 Å². The van der Waals surface area contributed by atoms with Crippen LogP contribution in [0.1, 0.15) is 13.3 Å². The molecule has 1 aliphatic rings. The van der Waals surface area contributed by atoms with Gasteiger partial charge in [-0.2, -0.15) is 0 Å². The zero-order valence-electron chi connectivity index (χ0n) is 9.20. The van der Waals surface area contributed by atoms with Gasteiger partial charge in [-0.15, -0.1) is 0 Å². The van der Waals surface area contributed by atoms with Crippen LogP contribution in [-0.4, -0.2) is 49.4 Å². The van der Waals surface area contributed by atoms with E-state index in [1.54, 1.807) is 0 Å². The summed E-state index contributed by atoms with van der Waals surface area (Å²) in [5.41, 5.74) is 0. The topological polar surface area (TPSA) is 73.8 Å². The molecule has 2 amide bonds. The van der Waals surface area contributed by atoms with Gasteiger partial charge in [0, 0.05) is 0 Å². The molecule has 6 nitrogen and oxygen atoms in total. The summed E-state index contributed by atoms with van der Waals surface area (Å²) in [4.78, 5) is 27.9. The molecule has 0 saturated carbocycles. The fourth-order valence-electron chi connectivity index (χ4n) is 1.15. The summed E-state index contributed by atoms with van der Waals surface area (Å²) in [6, 6.07) is 0.0705. The number of nitrogens with zero attached hydrogens (tertiary/aromatic N) is 2. The highest BCUT2D eigenvalue weighted by molar-refractivity contribution is 6.45. The second kappa shape index (κ2) is 4.88. The van der Waals surface area contributed by atoms with Crippen LogP contribution in [0.4, 0.5) is 0 Å². The Morgan fingerprint density at radius 2 is 1.80 bits per heavy atom. The van der Waals surface area contributed by atoms with Crippen molar-refractivity contribution < 1.29 is 9.59 Å². The molecule has 1 atom stereocenters. The average molecular weight is 212 g/mol. The molecular weight excluding hydrogens is 196 g/mol. The number of aliphatic imine (C=N–C) groups is 1. The van der Waals surface area contributed by atoms with Crippen LogP contribution < -0.4 is 10.6 Å². The maximum Gasteiger partial charge on any atom is 0.316 e. The van der Waals surface area contributed by atoms with Crippen molar-refractivity contribution in [3.8, 4) is 0 Å². The van der Waals surface area contributed by atoms with E-state index >= 15 is 0 Å². The molecule has 1 rings (SSSR count). The summed E-state index contributed by atoms with van der Waals surface area (Å²) in [5, 5.41) is 4.72. The van der Waals surface area contributed by atoms with E-state index in [1.807, 2.05) is 21.0 Å². The molecule has 1 aliphatic heterocycles. The molecule has 1 heterocycles. The van der Waals surface area contributed by atoms with E-state index in [2.05, 4.69) is 20.5 Å². The van der Waals surface area contributed by atoms with Gasteiger partial charge in [-0.3, -0.25) is 20.2 Å². The highest BCUT2D eigenvalue weighted by atomic mass is 16.2. The van der Waals surface area contributed by atoms with Crippen molar-refractivity contribution in [3.63, 3.8) is 0 Å². The van der Waals surface area contributed by atoms with Crippen LogP contribution in [0.15, 0.2) is 4.99 Å². The molecule has 0 aromatic heterocycles. The smallest absolute Gasteiger partial charge is 0.309 e. The van der Waals surface area contributed by atoms with Gasteiger partial charge in [0.25, 0.3) is 0 Å². The second-order valence-electron chi connectivity index (χ2n) is 3.83. The molecule has 0 aromatic rings. The summed E-state index contributed by atoms with van der Waals surface area (Å²) in [6.45, 7) is 2.85. The Balaban J connectivity index is 2.43. The standard InChI is InChI=1S/C9H16N4O2/c1-6(4-5-13(2)3)10-9-11-7(14)8(15)12-9/h6H,4-5H2,1-3H3,(H2,10,11,12,14,15). The first kappa shape index (κ1) is 11.6. The van der Waals surface area contributed by atoms with Gasteiger partial charge < -0.3 is 4.90 Å². The molecule has 0 aliphatic carbocycles. The predicted octanol–water partition coefficient (Wildman–Crippen LogP) is -1.07. The van der Waals surface area contributed by atoms with E-state index in [0.717, 1.165) is 13.0 Å².